The number of nitrogens with zero attached hydrogens (tertiary/aromatic N) is 1. The molecule has 0 fully saturated rings. The molecule has 0 aromatic carbocycles. The van der Waals surface area contributed by atoms with Gasteiger partial charge in [-0.2, -0.15) is 0 Å². The molecule has 2 N–H and O–H groups in total. The van der Waals surface area contributed by atoms with Gasteiger partial charge in [-0.25, -0.2) is 0 Å². The zero-order valence-corrected chi connectivity index (χ0v) is 7.45. The zero-order chi connectivity index (χ0) is 7.56. The molecule has 4 heteroatoms. The fraction of sp³-hybridized carbons (Fsp3) is 0. The van der Waals surface area contributed by atoms with E-state index >= 15 is 0 Å². The number of aromatic nitrogens is 1. The summed E-state index contributed by atoms with van der Waals surface area (Å²) in [6.07, 6.45) is 1.65. The standard InChI is InChI=1S/C6H5BrN2S/c7-4-1-2-9-5(3-4)6(8)10/h1-3H,(H2,8,10). The maximum Gasteiger partial charge on any atom is 0.122 e. The van der Waals surface area contributed by atoms with Crippen LogP contribution in [-0.4, -0.2) is 9.97 Å². The van der Waals surface area contributed by atoms with Crippen LogP contribution >= 0.6 is 28.1 Å². The molecule has 1 aromatic rings. The van der Waals surface area contributed by atoms with E-state index in [0.29, 0.717) is 10.7 Å². The average Bonchev–Trinajstić information content (AvgIpc) is 1.88. The lowest BCUT2D eigenvalue weighted by Gasteiger charge is -1.95. The van der Waals surface area contributed by atoms with E-state index in [2.05, 4.69) is 20.9 Å². The van der Waals surface area contributed by atoms with Crippen molar-refractivity contribution in [2.24, 2.45) is 5.73 Å². The quantitative estimate of drug-likeness (QED) is 0.724. The third-order valence-corrected chi connectivity index (χ3v) is 1.68. The molecule has 2 nitrogen and oxygen atoms in total. The van der Waals surface area contributed by atoms with Gasteiger partial charge < -0.3 is 5.73 Å². The molecule has 1 heterocycles. The van der Waals surface area contributed by atoms with Crippen molar-refractivity contribution in [1.82, 2.24) is 4.98 Å². The van der Waals surface area contributed by atoms with Crippen molar-refractivity contribution in [2.45, 2.75) is 0 Å². The van der Waals surface area contributed by atoms with Crippen LogP contribution in [0.3, 0.4) is 0 Å². The van der Waals surface area contributed by atoms with Gasteiger partial charge in [0, 0.05) is 10.7 Å². The van der Waals surface area contributed by atoms with Gasteiger partial charge >= 0.3 is 0 Å². The van der Waals surface area contributed by atoms with E-state index in [0.717, 1.165) is 4.47 Å². The minimum Gasteiger partial charge on any atom is -0.388 e. The van der Waals surface area contributed by atoms with Gasteiger partial charge in [0.25, 0.3) is 0 Å². The molecule has 0 aliphatic carbocycles. The van der Waals surface area contributed by atoms with Gasteiger partial charge in [0.05, 0.1) is 5.69 Å². The fourth-order valence-corrected chi connectivity index (χ4v) is 0.986. The molecule has 10 heavy (non-hydrogen) atoms. The zero-order valence-electron chi connectivity index (χ0n) is 5.04. The third kappa shape index (κ3) is 1.75. The molecule has 0 saturated carbocycles. The Morgan fingerprint density at radius 2 is 2.40 bits per heavy atom. The molecule has 0 aliphatic rings. The Bertz CT molecular complexity index is 262. The van der Waals surface area contributed by atoms with Crippen LogP contribution in [0, 0.1) is 0 Å². The largest absolute Gasteiger partial charge is 0.388 e. The second kappa shape index (κ2) is 3.07. The molecule has 0 unspecified atom stereocenters. The number of halogens is 1. The molecular formula is C6H5BrN2S. The molecule has 0 amide bonds. The normalized spacial score (nSPS) is 9.30. The second-order valence-corrected chi connectivity index (χ2v) is 3.08. The van der Waals surface area contributed by atoms with Gasteiger partial charge in [0.2, 0.25) is 0 Å². The van der Waals surface area contributed by atoms with Gasteiger partial charge in [-0.1, -0.05) is 28.1 Å². The number of hydrogen-bond acceptors (Lipinski definition) is 2. The van der Waals surface area contributed by atoms with E-state index in [1.807, 2.05) is 6.07 Å². The van der Waals surface area contributed by atoms with Crippen molar-refractivity contribution in [1.29, 1.82) is 0 Å². The highest BCUT2D eigenvalue weighted by molar-refractivity contribution is 9.10. The Morgan fingerprint density at radius 3 is 2.80 bits per heavy atom. The maximum atomic E-state index is 5.33. The molecule has 52 valence electrons. The summed E-state index contributed by atoms with van der Waals surface area (Å²) in [5.74, 6) is 0. The summed E-state index contributed by atoms with van der Waals surface area (Å²) in [5.41, 5.74) is 5.97. The van der Waals surface area contributed by atoms with E-state index < -0.39 is 0 Å². The van der Waals surface area contributed by atoms with Crippen molar-refractivity contribution in [2.75, 3.05) is 0 Å². The Kier molecular flexibility index (Phi) is 2.34. The van der Waals surface area contributed by atoms with Crippen molar-refractivity contribution in [3.05, 3.63) is 28.5 Å². The highest BCUT2D eigenvalue weighted by atomic mass is 79.9. The van der Waals surface area contributed by atoms with Crippen molar-refractivity contribution < 1.29 is 0 Å². The smallest absolute Gasteiger partial charge is 0.122 e. The van der Waals surface area contributed by atoms with Gasteiger partial charge in [-0.15, -0.1) is 0 Å². The molecule has 0 spiro atoms. The molecule has 0 radical (unpaired) electrons. The summed E-state index contributed by atoms with van der Waals surface area (Å²) in [6, 6.07) is 3.60. The van der Waals surface area contributed by atoms with Crippen LogP contribution in [0.25, 0.3) is 0 Å². The van der Waals surface area contributed by atoms with Crippen molar-refractivity contribution in [3.63, 3.8) is 0 Å². The predicted octanol–water partition coefficient (Wildman–Crippen LogP) is 1.48. The number of hydrogen-bond donors (Lipinski definition) is 1. The number of pyridine rings is 1. The average molecular weight is 217 g/mol. The molecular weight excluding hydrogens is 212 g/mol. The third-order valence-electron chi connectivity index (χ3n) is 0.974. The van der Waals surface area contributed by atoms with E-state index in [9.17, 15) is 0 Å². The van der Waals surface area contributed by atoms with Gasteiger partial charge in [-0.05, 0) is 12.1 Å². The van der Waals surface area contributed by atoms with Gasteiger partial charge in [0.15, 0.2) is 0 Å². The first-order valence-corrected chi connectivity index (χ1v) is 3.81. The lowest BCUT2D eigenvalue weighted by molar-refractivity contribution is 1.28. The SMILES string of the molecule is NC(=S)c1cc(Br)ccn1. The molecule has 0 atom stereocenters. The summed E-state index contributed by atoms with van der Waals surface area (Å²) in [7, 11) is 0. The van der Waals surface area contributed by atoms with E-state index in [-0.39, 0.29) is 0 Å². The molecule has 0 aliphatic heterocycles. The van der Waals surface area contributed by atoms with Crippen LogP contribution in [-0.2, 0) is 0 Å². The van der Waals surface area contributed by atoms with Crippen LogP contribution in [0.5, 0.6) is 0 Å². The molecule has 0 saturated heterocycles. The molecule has 0 bridgehead atoms. The topological polar surface area (TPSA) is 38.9 Å². The van der Waals surface area contributed by atoms with Gasteiger partial charge in [-0.3, -0.25) is 4.98 Å². The van der Waals surface area contributed by atoms with Crippen molar-refractivity contribution in [3.8, 4) is 0 Å². The minimum absolute atomic E-state index is 0.321. The van der Waals surface area contributed by atoms with Crippen LogP contribution in [0.1, 0.15) is 5.69 Å². The second-order valence-electron chi connectivity index (χ2n) is 1.72. The Morgan fingerprint density at radius 1 is 1.70 bits per heavy atom. The monoisotopic (exact) mass is 216 g/mol. The lowest BCUT2D eigenvalue weighted by atomic mass is 10.3. The first-order valence-electron chi connectivity index (χ1n) is 2.61. The summed E-state index contributed by atoms with van der Waals surface area (Å²) < 4.78 is 0.935. The number of thiocarbonyl (C=S) groups is 1. The number of rotatable bonds is 1. The first kappa shape index (κ1) is 7.63. The Labute approximate surface area is 72.6 Å². The van der Waals surface area contributed by atoms with Gasteiger partial charge in [0.1, 0.15) is 4.99 Å². The molecule has 1 rings (SSSR count). The summed E-state index contributed by atoms with van der Waals surface area (Å²) >= 11 is 7.99. The van der Waals surface area contributed by atoms with Crippen LogP contribution in [0.15, 0.2) is 22.8 Å². The van der Waals surface area contributed by atoms with Crippen LogP contribution in [0.4, 0.5) is 0 Å². The highest BCUT2D eigenvalue weighted by Gasteiger charge is 1.95. The predicted molar refractivity (Wildman–Crippen MR) is 47.8 cm³/mol. The van der Waals surface area contributed by atoms with Crippen LogP contribution < -0.4 is 5.73 Å². The highest BCUT2D eigenvalue weighted by Crippen LogP contribution is 2.08. The fourth-order valence-electron chi connectivity index (χ4n) is 0.540. The summed E-state index contributed by atoms with van der Waals surface area (Å²) in [5, 5.41) is 0. The Balaban J connectivity index is 3.07. The van der Waals surface area contributed by atoms with E-state index in [4.69, 9.17) is 18.0 Å². The van der Waals surface area contributed by atoms with Crippen LogP contribution in [0.2, 0.25) is 0 Å². The summed E-state index contributed by atoms with van der Waals surface area (Å²) in [6.45, 7) is 0. The molecule has 1 aromatic heterocycles. The lowest BCUT2D eigenvalue weighted by Crippen LogP contribution is -2.10. The summed E-state index contributed by atoms with van der Waals surface area (Å²) in [4.78, 5) is 4.26. The number of nitrogens with two attached hydrogens (primary N) is 1. The van der Waals surface area contributed by atoms with E-state index in [1.54, 1.807) is 12.3 Å². The maximum absolute atomic E-state index is 5.33. The van der Waals surface area contributed by atoms with E-state index in [1.165, 1.54) is 0 Å². The van der Waals surface area contributed by atoms with Crippen molar-refractivity contribution >= 4 is 33.1 Å². The first-order chi connectivity index (χ1) is 4.70. The minimum atomic E-state index is 0.321. The Hall–Kier alpha value is -0.480.